The first-order chi connectivity index (χ1) is 10.8. The maximum absolute atomic E-state index is 13.0. The molecule has 0 spiro atoms. The summed E-state index contributed by atoms with van der Waals surface area (Å²) in [6.07, 6.45) is 7.83. The van der Waals surface area contributed by atoms with Crippen LogP contribution in [0.5, 0.6) is 0 Å². The fourth-order valence-corrected chi connectivity index (χ4v) is 3.47. The van der Waals surface area contributed by atoms with Gasteiger partial charge in [-0.05, 0) is 43.4 Å². The molecule has 0 radical (unpaired) electrons. The van der Waals surface area contributed by atoms with Crippen molar-refractivity contribution in [1.82, 2.24) is 9.80 Å². The number of hydrogen-bond acceptors (Lipinski definition) is 3. The van der Waals surface area contributed by atoms with E-state index in [-0.39, 0.29) is 12.2 Å². The Bertz CT molecular complexity index is 421. The molecule has 2 saturated heterocycles. The summed E-state index contributed by atoms with van der Waals surface area (Å²) < 4.78 is 19.3. The van der Waals surface area contributed by atoms with Crippen molar-refractivity contribution in [1.29, 1.82) is 0 Å². The molecule has 0 N–H and O–H groups in total. The molecule has 2 aliphatic rings. The third kappa shape index (κ3) is 4.28. The second-order valence-electron chi connectivity index (χ2n) is 6.46. The number of nitrogens with zero attached hydrogens (tertiary/aromatic N) is 2. The Kier molecular flexibility index (Phi) is 5.82. The van der Waals surface area contributed by atoms with E-state index in [9.17, 15) is 4.39 Å². The van der Waals surface area contributed by atoms with Crippen molar-refractivity contribution < 1.29 is 9.13 Å². The van der Waals surface area contributed by atoms with Crippen LogP contribution in [0.3, 0.4) is 0 Å². The fourth-order valence-electron chi connectivity index (χ4n) is 3.47. The Morgan fingerprint density at radius 3 is 1.82 bits per heavy atom. The van der Waals surface area contributed by atoms with Crippen molar-refractivity contribution in [2.45, 2.75) is 51.5 Å². The fraction of sp³-hybridized carbons (Fsp3) is 0.667. The summed E-state index contributed by atoms with van der Waals surface area (Å²) in [4.78, 5) is 4.97. The van der Waals surface area contributed by atoms with Gasteiger partial charge in [0.1, 0.15) is 5.82 Å². The van der Waals surface area contributed by atoms with Crippen LogP contribution in [0.25, 0.3) is 0 Å². The highest BCUT2D eigenvalue weighted by Gasteiger charge is 2.28. The molecule has 0 aromatic heterocycles. The number of hydrogen-bond donors (Lipinski definition) is 0. The van der Waals surface area contributed by atoms with E-state index in [1.165, 1.54) is 50.7 Å². The van der Waals surface area contributed by atoms with Gasteiger partial charge in [-0.25, -0.2) is 4.39 Å². The van der Waals surface area contributed by atoms with Crippen LogP contribution in [0.2, 0.25) is 0 Å². The zero-order valence-electron chi connectivity index (χ0n) is 13.3. The van der Waals surface area contributed by atoms with Crippen LogP contribution in [0.1, 0.15) is 44.1 Å². The molecule has 0 amide bonds. The van der Waals surface area contributed by atoms with Gasteiger partial charge in [-0.15, -0.1) is 0 Å². The summed E-state index contributed by atoms with van der Waals surface area (Å²) in [7, 11) is 0. The first-order valence-corrected chi connectivity index (χ1v) is 8.67. The summed E-state index contributed by atoms with van der Waals surface area (Å²) >= 11 is 0. The van der Waals surface area contributed by atoms with Crippen molar-refractivity contribution in [3.63, 3.8) is 0 Å². The summed E-state index contributed by atoms with van der Waals surface area (Å²) in [6.45, 7) is 5.07. The highest BCUT2D eigenvalue weighted by atomic mass is 19.1. The SMILES string of the molecule is Fc1ccc(COC(N2CCCCC2)N2CCCCC2)cc1. The molecule has 1 aromatic carbocycles. The lowest BCUT2D eigenvalue weighted by atomic mass is 10.1. The van der Waals surface area contributed by atoms with Gasteiger partial charge in [0.05, 0.1) is 6.61 Å². The lowest BCUT2D eigenvalue weighted by Gasteiger charge is -2.42. The average Bonchev–Trinajstić information content (AvgIpc) is 2.59. The predicted molar refractivity (Wildman–Crippen MR) is 85.8 cm³/mol. The number of piperidine rings is 2. The molecule has 0 unspecified atom stereocenters. The molecule has 122 valence electrons. The topological polar surface area (TPSA) is 15.7 Å². The second kappa shape index (κ2) is 8.04. The lowest BCUT2D eigenvalue weighted by molar-refractivity contribution is -0.169. The van der Waals surface area contributed by atoms with Crippen molar-refractivity contribution in [2.75, 3.05) is 26.2 Å². The van der Waals surface area contributed by atoms with Crippen LogP contribution in [0, 0.1) is 5.82 Å². The number of benzene rings is 1. The van der Waals surface area contributed by atoms with Gasteiger partial charge in [-0.3, -0.25) is 9.80 Å². The van der Waals surface area contributed by atoms with Gasteiger partial charge in [0.2, 0.25) is 0 Å². The maximum atomic E-state index is 13.0. The summed E-state index contributed by atoms with van der Waals surface area (Å²) in [5, 5.41) is 0. The van der Waals surface area contributed by atoms with Gasteiger partial charge in [-0.1, -0.05) is 25.0 Å². The standard InChI is InChI=1S/C18H27FN2O/c19-17-9-7-16(8-10-17)15-22-18(20-11-3-1-4-12-20)21-13-5-2-6-14-21/h7-10,18H,1-6,11-15H2. The Balaban J connectivity index is 1.62. The van der Waals surface area contributed by atoms with Gasteiger partial charge in [0.25, 0.3) is 0 Å². The van der Waals surface area contributed by atoms with E-state index in [1.54, 1.807) is 0 Å². The molecule has 0 saturated carbocycles. The van der Waals surface area contributed by atoms with E-state index in [4.69, 9.17) is 4.74 Å². The molecule has 0 bridgehead atoms. The van der Waals surface area contributed by atoms with E-state index in [2.05, 4.69) is 9.80 Å². The molecule has 22 heavy (non-hydrogen) atoms. The van der Waals surface area contributed by atoms with Crippen molar-refractivity contribution in [2.24, 2.45) is 0 Å². The molecule has 2 fully saturated rings. The van der Waals surface area contributed by atoms with Crippen molar-refractivity contribution in [3.05, 3.63) is 35.6 Å². The average molecular weight is 306 g/mol. The number of ether oxygens (including phenoxy) is 1. The van der Waals surface area contributed by atoms with Gasteiger partial charge in [-0.2, -0.15) is 0 Å². The van der Waals surface area contributed by atoms with Crippen molar-refractivity contribution >= 4 is 0 Å². The molecule has 2 heterocycles. The lowest BCUT2D eigenvalue weighted by Crippen LogP contribution is -2.53. The van der Waals surface area contributed by atoms with E-state index in [0.29, 0.717) is 6.61 Å². The molecular weight excluding hydrogens is 279 g/mol. The van der Waals surface area contributed by atoms with Crippen LogP contribution >= 0.6 is 0 Å². The second-order valence-corrected chi connectivity index (χ2v) is 6.46. The zero-order valence-corrected chi connectivity index (χ0v) is 13.3. The van der Waals surface area contributed by atoms with E-state index in [1.807, 2.05) is 12.1 Å². The maximum Gasteiger partial charge on any atom is 0.168 e. The Morgan fingerprint density at radius 2 is 1.32 bits per heavy atom. The van der Waals surface area contributed by atoms with Gasteiger partial charge < -0.3 is 4.74 Å². The summed E-state index contributed by atoms with van der Waals surface area (Å²) in [5.41, 5.74) is 1.04. The van der Waals surface area contributed by atoms with Gasteiger partial charge >= 0.3 is 0 Å². The van der Waals surface area contributed by atoms with E-state index < -0.39 is 0 Å². The monoisotopic (exact) mass is 306 g/mol. The molecule has 4 heteroatoms. The Labute approximate surface area is 133 Å². The molecule has 2 aliphatic heterocycles. The molecule has 1 aromatic rings. The largest absolute Gasteiger partial charge is 0.345 e. The Hall–Kier alpha value is -0.970. The zero-order chi connectivity index (χ0) is 15.2. The first-order valence-electron chi connectivity index (χ1n) is 8.67. The highest BCUT2D eigenvalue weighted by molar-refractivity contribution is 5.14. The quantitative estimate of drug-likeness (QED) is 0.826. The van der Waals surface area contributed by atoms with E-state index in [0.717, 1.165) is 31.7 Å². The third-order valence-electron chi connectivity index (χ3n) is 4.72. The first kappa shape index (κ1) is 15.9. The molecular formula is C18H27FN2O. The van der Waals surface area contributed by atoms with Crippen LogP contribution in [-0.2, 0) is 11.3 Å². The van der Waals surface area contributed by atoms with E-state index >= 15 is 0 Å². The minimum Gasteiger partial charge on any atom is -0.345 e. The van der Waals surface area contributed by atoms with Crippen LogP contribution in [0.4, 0.5) is 4.39 Å². The predicted octanol–water partition coefficient (Wildman–Crippen LogP) is 3.60. The van der Waals surface area contributed by atoms with Crippen LogP contribution in [0.15, 0.2) is 24.3 Å². The normalized spacial score (nSPS) is 21.4. The van der Waals surface area contributed by atoms with Crippen molar-refractivity contribution in [3.8, 4) is 0 Å². The highest BCUT2D eigenvalue weighted by Crippen LogP contribution is 2.21. The third-order valence-corrected chi connectivity index (χ3v) is 4.72. The number of halogens is 1. The van der Waals surface area contributed by atoms with Gasteiger partial charge in [0.15, 0.2) is 6.35 Å². The summed E-state index contributed by atoms with van der Waals surface area (Å²) in [6, 6.07) is 6.66. The number of likely N-dealkylation sites (tertiary alicyclic amines) is 2. The van der Waals surface area contributed by atoms with Crippen LogP contribution < -0.4 is 0 Å². The minimum atomic E-state index is -0.188. The number of rotatable bonds is 5. The van der Waals surface area contributed by atoms with Crippen LogP contribution in [-0.4, -0.2) is 42.3 Å². The smallest absolute Gasteiger partial charge is 0.168 e. The molecule has 0 aliphatic carbocycles. The molecule has 0 atom stereocenters. The summed E-state index contributed by atoms with van der Waals surface area (Å²) in [5.74, 6) is -0.188. The minimum absolute atomic E-state index is 0.0886. The van der Waals surface area contributed by atoms with Gasteiger partial charge in [0, 0.05) is 26.2 Å². The molecule has 3 rings (SSSR count). The Morgan fingerprint density at radius 1 is 0.818 bits per heavy atom. The molecule has 3 nitrogen and oxygen atoms in total.